The summed E-state index contributed by atoms with van der Waals surface area (Å²) in [6, 6.07) is 4.65. The predicted molar refractivity (Wildman–Crippen MR) is 108 cm³/mol. The Bertz CT molecular complexity index is 1010. The van der Waals surface area contributed by atoms with Crippen molar-refractivity contribution in [2.24, 2.45) is 4.40 Å². The van der Waals surface area contributed by atoms with Gasteiger partial charge in [-0.25, -0.2) is 12.8 Å². The summed E-state index contributed by atoms with van der Waals surface area (Å²) in [4.78, 5) is 18.4. The lowest BCUT2D eigenvalue weighted by Gasteiger charge is -2.36. The molecule has 4 rings (SSSR count). The Labute approximate surface area is 173 Å². The third-order valence-corrected chi connectivity index (χ3v) is 6.69. The van der Waals surface area contributed by atoms with E-state index >= 15 is 0 Å². The summed E-state index contributed by atoms with van der Waals surface area (Å²) in [5.74, 6) is -0.175. The van der Waals surface area contributed by atoms with Crippen LogP contribution in [0.2, 0.25) is 5.02 Å². The van der Waals surface area contributed by atoms with Gasteiger partial charge in [0.15, 0.2) is 0 Å². The van der Waals surface area contributed by atoms with Crippen molar-refractivity contribution in [1.82, 2.24) is 14.7 Å². The summed E-state index contributed by atoms with van der Waals surface area (Å²) in [6.07, 6.45) is 4.81. The first-order valence-electron chi connectivity index (χ1n) is 9.26. The molecule has 0 atom stereocenters. The van der Waals surface area contributed by atoms with Crippen molar-refractivity contribution >= 4 is 33.4 Å². The number of carbonyl (C=O) groups excluding carboxylic acids is 1. The maximum atomic E-state index is 14.0. The third-order valence-electron chi connectivity index (χ3n) is 5.17. The van der Waals surface area contributed by atoms with Crippen LogP contribution in [0.1, 0.15) is 5.56 Å². The molecule has 3 heterocycles. The van der Waals surface area contributed by atoms with E-state index in [1.807, 2.05) is 0 Å². The van der Waals surface area contributed by atoms with E-state index in [2.05, 4.69) is 9.30 Å². The molecular formula is C19H20ClFN4O3S. The minimum absolute atomic E-state index is 0.0699. The van der Waals surface area contributed by atoms with Crippen LogP contribution in [0.4, 0.5) is 4.39 Å². The zero-order chi connectivity index (χ0) is 20.6. The van der Waals surface area contributed by atoms with Gasteiger partial charge in [0.1, 0.15) is 11.7 Å². The van der Waals surface area contributed by atoms with Gasteiger partial charge in [0.2, 0.25) is 0 Å². The Kier molecular flexibility index (Phi) is 5.46. The number of amides is 1. The molecule has 1 amide bonds. The van der Waals surface area contributed by atoms with E-state index in [1.165, 1.54) is 6.07 Å². The average molecular weight is 439 g/mol. The van der Waals surface area contributed by atoms with Gasteiger partial charge in [0.05, 0.1) is 11.3 Å². The SMILES string of the molecule is O=C(C1=CN2CCS(=O)(=O)N=C2C=C1)N1CCN(Cc2c(F)cccc2Cl)CC1. The molecule has 3 aliphatic rings. The summed E-state index contributed by atoms with van der Waals surface area (Å²) in [5.41, 5.74) is 0.965. The lowest BCUT2D eigenvalue weighted by Crippen LogP contribution is -2.49. The second-order valence-corrected chi connectivity index (χ2v) is 9.28. The van der Waals surface area contributed by atoms with E-state index in [0.29, 0.717) is 54.7 Å². The van der Waals surface area contributed by atoms with Crippen LogP contribution in [-0.4, -0.2) is 73.3 Å². The van der Waals surface area contributed by atoms with Crippen LogP contribution in [0, 0.1) is 5.82 Å². The van der Waals surface area contributed by atoms with Crippen molar-refractivity contribution in [3.8, 4) is 0 Å². The van der Waals surface area contributed by atoms with Gasteiger partial charge in [-0.15, -0.1) is 4.40 Å². The molecular weight excluding hydrogens is 419 g/mol. The van der Waals surface area contributed by atoms with Crippen molar-refractivity contribution < 1.29 is 17.6 Å². The number of hydrogen-bond acceptors (Lipinski definition) is 5. The molecule has 154 valence electrons. The molecule has 10 heteroatoms. The van der Waals surface area contributed by atoms with Crippen LogP contribution >= 0.6 is 11.6 Å². The molecule has 0 bridgehead atoms. The number of halogens is 2. The summed E-state index contributed by atoms with van der Waals surface area (Å²) >= 11 is 6.10. The number of fused-ring (bicyclic) bond motifs is 1. The van der Waals surface area contributed by atoms with Crippen molar-refractivity contribution in [3.63, 3.8) is 0 Å². The van der Waals surface area contributed by atoms with Gasteiger partial charge in [-0.05, 0) is 24.3 Å². The molecule has 29 heavy (non-hydrogen) atoms. The number of nitrogens with zero attached hydrogens (tertiary/aromatic N) is 4. The molecule has 0 spiro atoms. The van der Waals surface area contributed by atoms with Gasteiger partial charge in [0.25, 0.3) is 15.9 Å². The molecule has 1 fully saturated rings. The maximum absolute atomic E-state index is 14.0. The molecule has 1 saturated heterocycles. The quantitative estimate of drug-likeness (QED) is 0.717. The monoisotopic (exact) mass is 438 g/mol. The third kappa shape index (κ3) is 4.36. The summed E-state index contributed by atoms with van der Waals surface area (Å²) in [5, 5.41) is 0.405. The van der Waals surface area contributed by atoms with Crippen molar-refractivity contribution in [2.45, 2.75) is 6.54 Å². The average Bonchev–Trinajstić information content (AvgIpc) is 2.70. The van der Waals surface area contributed by atoms with E-state index in [4.69, 9.17) is 11.6 Å². The normalized spacial score (nSPS) is 21.4. The smallest absolute Gasteiger partial charge is 0.256 e. The molecule has 0 unspecified atom stereocenters. The van der Waals surface area contributed by atoms with E-state index in [-0.39, 0.29) is 24.0 Å². The minimum atomic E-state index is -3.42. The molecule has 1 aromatic carbocycles. The molecule has 0 saturated carbocycles. The number of sulfonamides is 1. The highest BCUT2D eigenvalue weighted by molar-refractivity contribution is 7.90. The van der Waals surface area contributed by atoms with Crippen molar-refractivity contribution in [2.75, 3.05) is 38.5 Å². The van der Waals surface area contributed by atoms with Crippen LogP contribution < -0.4 is 0 Å². The maximum Gasteiger partial charge on any atom is 0.256 e. The molecule has 1 aromatic rings. The molecule has 0 aliphatic carbocycles. The molecule has 0 N–H and O–H groups in total. The second kappa shape index (κ2) is 7.89. The fourth-order valence-corrected chi connectivity index (χ4v) is 4.72. The van der Waals surface area contributed by atoms with E-state index in [1.54, 1.807) is 40.3 Å². The predicted octanol–water partition coefficient (Wildman–Crippen LogP) is 1.62. The summed E-state index contributed by atoms with van der Waals surface area (Å²) < 4.78 is 40.9. The zero-order valence-corrected chi connectivity index (χ0v) is 17.2. The Morgan fingerprint density at radius 2 is 1.90 bits per heavy atom. The van der Waals surface area contributed by atoms with Gasteiger partial charge >= 0.3 is 0 Å². The first kappa shape index (κ1) is 20.1. The highest BCUT2D eigenvalue weighted by Crippen LogP contribution is 2.22. The van der Waals surface area contributed by atoms with E-state index in [9.17, 15) is 17.6 Å². The van der Waals surface area contributed by atoms with Crippen LogP contribution in [0.25, 0.3) is 0 Å². The Balaban J connectivity index is 1.38. The number of benzene rings is 1. The highest BCUT2D eigenvalue weighted by Gasteiger charge is 2.28. The minimum Gasteiger partial charge on any atom is -0.336 e. The fraction of sp³-hybridized carbons (Fsp3) is 0.368. The van der Waals surface area contributed by atoms with Gasteiger partial charge in [-0.3, -0.25) is 9.69 Å². The van der Waals surface area contributed by atoms with Crippen molar-refractivity contribution in [1.29, 1.82) is 0 Å². The Hall–Kier alpha value is -2.23. The number of hydrogen-bond donors (Lipinski definition) is 0. The Morgan fingerprint density at radius 1 is 1.14 bits per heavy atom. The highest BCUT2D eigenvalue weighted by atomic mass is 35.5. The summed E-state index contributed by atoms with van der Waals surface area (Å²) in [6.45, 7) is 2.94. The largest absolute Gasteiger partial charge is 0.336 e. The van der Waals surface area contributed by atoms with Gasteiger partial charge in [-0.2, -0.15) is 0 Å². The molecule has 0 radical (unpaired) electrons. The van der Waals surface area contributed by atoms with Crippen LogP contribution in [-0.2, 0) is 21.4 Å². The number of carbonyl (C=O) groups is 1. The number of piperazine rings is 1. The van der Waals surface area contributed by atoms with Gasteiger partial charge in [0, 0.05) is 56.1 Å². The van der Waals surface area contributed by atoms with E-state index < -0.39 is 10.0 Å². The molecule has 7 nitrogen and oxygen atoms in total. The fourth-order valence-electron chi connectivity index (χ4n) is 3.53. The summed E-state index contributed by atoms with van der Waals surface area (Å²) in [7, 11) is -3.42. The standard InChI is InChI=1S/C19H20ClFN4O3S/c20-16-2-1-3-17(21)15(16)13-23-6-8-24(9-7-23)19(26)14-4-5-18-22-29(27,28)11-10-25(18)12-14/h1-5,12H,6-11,13H2. The number of amidine groups is 1. The first-order chi connectivity index (χ1) is 13.8. The lowest BCUT2D eigenvalue weighted by molar-refractivity contribution is -0.128. The number of rotatable bonds is 3. The molecule has 0 aromatic heterocycles. The second-order valence-electron chi connectivity index (χ2n) is 7.12. The van der Waals surface area contributed by atoms with Gasteiger partial charge in [-0.1, -0.05) is 17.7 Å². The van der Waals surface area contributed by atoms with Gasteiger partial charge < -0.3 is 9.80 Å². The van der Waals surface area contributed by atoms with Crippen molar-refractivity contribution in [3.05, 3.63) is 58.5 Å². The Morgan fingerprint density at radius 3 is 2.62 bits per heavy atom. The van der Waals surface area contributed by atoms with Crippen LogP contribution in [0.3, 0.4) is 0 Å². The zero-order valence-electron chi connectivity index (χ0n) is 15.6. The van der Waals surface area contributed by atoms with E-state index in [0.717, 1.165) is 0 Å². The first-order valence-corrected chi connectivity index (χ1v) is 11.2. The van der Waals surface area contributed by atoms with Crippen LogP contribution in [0.5, 0.6) is 0 Å². The molecule has 3 aliphatic heterocycles. The topological polar surface area (TPSA) is 73.3 Å². The lowest BCUT2D eigenvalue weighted by atomic mass is 10.1. The van der Waals surface area contributed by atoms with Crippen LogP contribution in [0.15, 0.2) is 46.5 Å².